The molecule has 0 radical (unpaired) electrons. The molecule has 0 aliphatic rings. The third-order valence-electron chi connectivity index (χ3n) is 9.47. The van der Waals surface area contributed by atoms with Crippen molar-refractivity contribution in [2.24, 2.45) is 0 Å². The van der Waals surface area contributed by atoms with Crippen LogP contribution in [0, 0.1) is 0 Å². The molecule has 0 saturated heterocycles. The molecule has 50 heavy (non-hydrogen) atoms. The van der Waals surface area contributed by atoms with E-state index < -0.39 is 0 Å². The summed E-state index contributed by atoms with van der Waals surface area (Å²) in [7, 11) is 0. The number of benzene rings is 8. The highest BCUT2D eigenvalue weighted by Gasteiger charge is 2.22. The second-order valence-corrected chi connectivity index (χ2v) is 12.5. The highest BCUT2D eigenvalue weighted by atomic mass is 16.3. The zero-order valence-electron chi connectivity index (χ0n) is 27.4. The van der Waals surface area contributed by atoms with Gasteiger partial charge in [-0.3, -0.25) is 0 Å². The van der Waals surface area contributed by atoms with E-state index in [0.717, 1.165) is 55.7 Å². The van der Waals surface area contributed by atoms with E-state index in [1.807, 2.05) is 6.07 Å². The summed E-state index contributed by atoms with van der Waals surface area (Å²) in [6.45, 7) is 0. The van der Waals surface area contributed by atoms with Crippen LogP contribution in [0.4, 0.5) is 17.1 Å². The number of anilines is 3. The van der Waals surface area contributed by atoms with Crippen LogP contribution in [0.5, 0.6) is 0 Å². The van der Waals surface area contributed by atoms with Crippen LogP contribution in [-0.4, -0.2) is 0 Å². The van der Waals surface area contributed by atoms with E-state index in [-0.39, 0.29) is 0 Å². The van der Waals surface area contributed by atoms with Crippen LogP contribution < -0.4 is 4.90 Å². The molecule has 0 unspecified atom stereocenters. The SMILES string of the molecule is c1ccc(-c2cccc(-c3ccc(N(c4cccc(-c5ccccc5)c4)c4ccc(-c5ccccc5)c5oc6ccccc6c45)cc3)c2)cc1. The van der Waals surface area contributed by atoms with Gasteiger partial charge in [-0.1, -0.05) is 152 Å². The molecule has 1 heterocycles. The van der Waals surface area contributed by atoms with Gasteiger partial charge in [0.1, 0.15) is 11.2 Å². The molecular formula is C48H33NO. The molecular weight excluding hydrogens is 607 g/mol. The fourth-order valence-corrected chi connectivity index (χ4v) is 7.04. The Morgan fingerprint density at radius 1 is 0.340 bits per heavy atom. The zero-order chi connectivity index (χ0) is 33.3. The van der Waals surface area contributed by atoms with Crippen molar-refractivity contribution in [1.82, 2.24) is 0 Å². The van der Waals surface area contributed by atoms with Crippen LogP contribution in [0.15, 0.2) is 205 Å². The van der Waals surface area contributed by atoms with E-state index >= 15 is 0 Å². The highest BCUT2D eigenvalue weighted by molar-refractivity contribution is 6.17. The smallest absolute Gasteiger partial charge is 0.145 e. The molecule has 9 aromatic rings. The Balaban J connectivity index is 1.23. The topological polar surface area (TPSA) is 16.4 Å². The van der Waals surface area contributed by atoms with Gasteiger partial charge in [0.25, 0.3) is 0 Å². The Labute approximate surface area is 292 Å². The first-order chi connectivity index (χ1) is 24.8. The molecule has 2 heteroatoms. The maximum atomic E-state index is 6.69. The second-order valence-electron chi connectivity index (χ2n) is 12.5. The van der Waals surface area contributed by atoms with E-state index in [4.69, 9.17) is 4.42 Å². The molecule has 0 amide bonds. The van der Waals surface area contributed by atoms with Crippen LogP contribution in [0.3, 0.4) is 0 Å². The zero-order valence-corrected chi connectivity index (χ0v) is 27.4. The third kappa shape index (κ3) is 5.43. The lowest BCUT2D eigenvalue weighted by Crippen LogP contribution is -2.10. The molecule has 0 bridgehead atoms. The van der Waals surface area contributed by atoms with Gasteiger partial charge in [0, 0.05) is 22.3 Å². The Bertz CT molecular complexity index is 2570. The Hall–Kier alpha value is -6.64. The number of hydrogen-bond donors (Lipinski definition) is 0. The summed E-state index contributed by atoms with van der Waals surface area (Å²) < 4.78 is 6.69. The van der Waals surface area contributed by atoms with Gasteiger partial charge in [0.15, 0.2) is 0 Å². The Kier molecular flexibility index (Phi) is 7.53. The first kappa shape index (κ1) is 29.5. The van der Waals surface area contributed by atoms with Crippen molar-refractivity contribution in [3.63, 3.8) is 0 Å². The van der Waals surface area contributed by atoms with Gasteiger partial charge in [-0.2, -0.15) is 0 Å². The molecule has 0 fully saturated rings. The minimum atomic E-state index is 0.874. The predicted molar refractivity (Wildman–Crippen MR) is 210 cm³/mol. The van der Waals surface area contributed by atoms with Crippen molar-refractivity contribution in [3.8, 4) is 44.5 Å². The summed E-state index contributed by atoms with van der Waals surface area (Å²) in [6.07, 6.45) is 0. The van der Waals surface area contributed by atoms with Gasteiger partial charge in [-0.15, -0.1) is 0 Å². The molecule has 0 saturated carbocycles. The van der Waals surface area contributed by atoms with E-state index in [9.17, 15) is 0 Å². The van der Waals surface area contributed by atoms with Crippen molar-refractivity contribution >= 4 is 39.0 Å². The van der Waals surface area contributed by atoms with Gasteiger partial charge in [0.05, 0.1) is 11.1 Å². The molecule has 0 spiro atoms. The summed E-state index contributed by atoms with van der Waals surface area (Å²) in [5.74, 6) is 0. The summed E-state index contributed by atoms with van der Waals surface area (Å²) in [5.41, 5.74) is 14.3. The standard InChI is InChI=1S/C48H33NO/c1-4-14-34(15-5-1)38-20-12-21-39(32-38)36-26-28-41(29-27-36)49(42-23-13-22-40(33-42)35-16-6-2-7-17-35)45-31-30-43(37-18-8-3-9-19-37)48-47(45)44-24-10-11-25-46(44)50-48/h1-33H. The number of para-hydroxylation sites is 1. The lowest BCUT2D eigenvalue weighted by atomic mass is 9.98. The minimum absolute atomic E-state index is 0.874. The summed E-state index contributed by atoms with van der Waals surface area (Å²) in [5, 5.41) is 2.18. The predicted octanol–water partition coefficient (Wildman–Crippen LogP) is 13.7. The second kappa shape index (κ2) is 12.8. The average Bonchev–Trinajstić information content (AvgIpc) is 3.60. The van der Waals surface area contributed by atoms with Crippen molar-refractivity contribution in [3.05, 3.63) is 200 Å². The van der Waals surface area contributed by atoms with Crippen molar-refractivity contribution in [1.29, 1.82) is 0 Å². The molecule has 0 N–H and O–H groups in total. The first-order valence-corrected chi connectivity index (χ1v) is 17.0. The van der Waals surface area contributed by atoms with Gasteiger partial charge in [-0.25, -0.2) is 0 Å². The maximum Gasteiger partial charge on any atom is 0.145 e. The molecule has 2 nitrogen and oxygen atoms in total. The number of rotatable bonds is 7. The molecule has 1 aromatic heterocycles. The van der Waals surface area contributed by atoms with Crippen LogP contribution in [0.2, 0.25) is 0 Å². The third-order valence-corrected chi connectivity index (χ3v) is 9.47. The van der Waals surface area contributed by atoms with Crippen molar-refractivity contribution in [2.75, 3.05) is 4.90 Å². The van der Waals surface area contributed by atoms with Gasteiger partial charge >= 0.3 is 0 Å². The number of nitrogens with zero attached hydrogens (tertiary/aromatic N) is 1. The van der Waals surface area contributed by atoms with E-state index in [0.29, 0.717) is 0 Å². The van der Waals surface area contributed by atoms with Crippen LogP contribution in [0.1, 0.15) is 0 Å². The lowest BCUT2D eigenvalue weighted by Gasteiger charge is -2.27. The molecule has 0 aliphatic carbocycles. The number of hydrogen-bond acceptors (Lipinski definition) is 2. The van der Waals surface area contributed by atoms with Gasteiger partial charge in [0.2, 0.25) is 0 Å². The molecule has 9 rings (SSSR count). The number of furan rings is 1. The molecule has 236 valence electrons. The maximum absolute atomic E-state index is 6.69. The molecule has 0 aliphatic heterocycles. The first-order valence-electron chi connectivity index (χ1n) is 17.0. The fraction of sp³-hybridized carbons (Fsp3) is 0. The monoisotopic (exact) mass is 639 g/mol. The highest BCUT2D eigenvalue weighted by Crippen LogP contribution is 2.46. The number of fused-ring (bicyclic) bond motifs is 3. The summed E-state index contributed by atoms with van der Waals surface area (Å²) in [6, 6.07) is 71.0. The fourth-order valence-electron chi connectivity index (χ4n) is 7.04. The molecule has 0 atom stereocenters. The summed E-state index contributed by atoms with van der Waals surface area (Å²) in [4.78, 5) is 2.37. The van der Waals surface area contributed by atoms with E-state index in [2.05, 4.69) is 199 Å². The van der Waals surface area contributed by atoms with Gasteiger partial charge < -0.3 is 9.32 Å². The average molecular weight is 640 g/mol. The van der Waals surface area contributed by atoms with E-state index in [1.165, 1.54) is 27.8 Å². The Morgan fingerprint density at radius 2 is 0.860 bits per heavy atom. The largest absolute Gasteiger partial charge is 0.455 e. The van der Waals surface area contributed by atoms with Crippen molar-refractivity contribution < 1.29 is 4.42 Å². The van der Waals surface area contributed by atoms with E-state index in [1.54, 1.807) is 0 Å². The van der Waals surface area contributed by atoms with Gasteiger partial charge in [-0.05, 0) is 87.5 Å². The normalized spacial score (nSPS) is 11.2. The Morgan fingerprint density at radius 3 is 1.52 bits per heavy atom. The van der Waals surface area contributed by atoms with Crippen LogP contribution in [0.25, 0.3) is 66.4 Å². The van der Waals surface area contributed by atoms with Crippen LogP contribution >= 0.6 is 0 Å². The lowest BCUT2D eigenvalue weighted by molar-refractivity contribution is 0.670. The molecule has 8 aromatic carbocycles. The van der Waals surface area contributed by atoms with Crippen molar-refractivity contribution in [2.45, 2.75) is 0 Å². The van der Waals surface area contributed by atoms with Crippen LogP contribution in [-0.2, 0) is 0 Å². The summed E-state index contributed by atoms with van der Waals surface area (Å²) >= 11 is 0. The minimum Gasteiger partial charge on any atom is -0.455 e. The quantitative estimate of drug-likeness (QED) is 0.173.